The van der Waals surface area contributed by atoms with Crippen molar-refractivity contribution in [2.75, 3.05) is 0 Å². The highest BCUT2D eigenvalue weighted by molar-refractivity contribution is 5.71. The van der Waals surface area contributed by atoms with Crippen molar-refractivity contribution in [1.82, 2.24) is 4.90 Å². The van der Waals surface area contributed by atoms with Gasteiger partial charge in [0.1, 0.15) is 17.6 Å². The van der Waals surface area contributed by atoms with Crippen LogP contribution in [0.15, 0.2) is 48.2 Å². The molecule has 0 radical (unpaired) electrons. The molecule has 1 aliphatic carbocycles. The lowest BCUT2D eigenvalue weighted by Gasteiger charge is -2.25. The average molecular weight is 275 g/mol. The minimum absolute atomic E-state index is 0.396. The molecule has 0 saturated heterocycles. The van der Waals surface area contributed by atoms with E-state index in [1.165, 1.54) is 16.7 Å². The lowest BCUT2D eigenvalue weighted by atomic mass is 10.0. The third-order valence-electron chi connectivity index (χ3n) is 2.83. The van der Waals surface area contributed by atoms with Crippen LogP contribution < -0.4 is 0 Å². The summed E-state index contributed by atoms with van der Waals surface area (Å²) in [6.45, 7) is 5.54. The molecule has 2 rings (SSSR count). The Morgan fingerprint density at radius 3 is 2.90 bits per heavy atom. The number of rotatable bonds is 2. The summed E-state index contributed by atoms with van der Waals surface area (Å²) in [7, 11) is 0. The van der Waals surface area contributed by atoms with Gasteiger partial charge in [0.05, 0.1) is 12.4 Å². The molecule has 0 atom stereocenters. The van der Waals surface area contributed by atoms with E-state index >= 15 is 0 Å². The topological polar surface area (TPSA) is 38.8 Å². The van der Waals surface area contributed by atoms with E-state index in [1.807, 2.05) is 20.8 Å². The standard InChI is InChI=1S/C16H21NO3/c1-16(2,3)20-15(18)17-9-10-19-14(12-17)11-13-7-5-4-6-8-13/h4-5,7,9-10,12H,6,8,11H2,1-3H3. The van der Waals surface area contributed by atoms with Crippen molar-refractivity contribution in [3.05, 3.63) is 48.2 Å². The molecule has 2 aliphatic rings. The molecule has 0 aromatic heterocycles. The first-order chi connectivity index (χ1) is 9.44. The largest absolute Gasteiger partial charge is 0.466 e. The smallest absolute Gasteiger partial charge is 0.418 e. The summed E-state index contributed by atoms with van der Waals surface area (Å²) < 4.78 is 10.8. The summed E-state index contributed by atoms with van der Waals surface area (Å²) in [5.74, 6) is 0.750. The Labute approximate surface area is 120 Å². The van der Waals surface area contributed by atoms with Crippen molar-refractivity contribution in [1.29, 1.82) is 0 Å². The monoisotopic (exact) mass is 275 g/mol. The predicted molar refractivity (Wildman–Crippen MR) is 77.5 cm³/mol. The number of allylic oxidation sites excluding steroid dienone is 4. The van der Waals surface area contributed by atoms with Gasteiger partial charge >= 0.3 is 6.09 Å². The molecule has 4 heteroatoms. The number of nitrogens with zero attached hydrogens (tertiary/aromatic N) is 1. The highest BCUT2D eigenvalue weighted by atomic mass is 16.6. The summed E-state index contributed by atoms with van der Waals surface area (Å²) in [5.41, 5.74) is 0.798. The summed E-state index contributed by atoms with van der Waals surface area (Å²) in [4.78, 5) is 13.4. The van der Waals surface area contributed by atoms with Gasteiger partial charge in [-0.25, -0.2) is 4.79 Å². The van der Waals surface area contributed by atoms with E-state index in [9.17, 15) is 4.79 Å². The van der Waals surface area contributed by atoms with Gasteiger partial charge in [-0.05, 0) is 33.6 Å². The van der Waals surface area contributed by atoms with Crippen LogP contribution in [0.3, 0.4) is 0 Å². The zero-order valence-corrected chi connectivity index (χ0v) is 12.3. The maximum atomic E-state index is 12.0. The molecule has 0 bridgehead atoms. The Hall–Kier alpha value is -1.97. The fraction of sp³-hybridized carbons (Fsp3) is 0.438. The molecule has 0 aromatic carbocycles. The van der Waals surface area contributed by atoms with Crippen molar-refractivity contribution >= 4 is 6.09 Å². The Balaban J connectivity index is 1.99. The third-order valence-corrected chi connectivity index (χ3v) is 2.83. The second-order valence-corrected chi connectivity index (χ2v) is 5.85. The summed E-state index contributed by atoms with van der Waals surface area (Å²) in [5, 5.41) is 0. The third kappa shape index (κ3) is 4.30. The first kappa shape index (κ1) is 14.4. The maximum Gasteiger partial charge on any atom is 0.418 e. The van der Waals surface area contributed by atoms with Crippen LogP contribution in [0.1, 0.15) is 40.0 Å². The van der Waals surface area contributed by atoms with Gasteiger partial charge in [0, 0.05) is 6.42 Å². The molecular formula is C16H21NO3. The fourth-order valence-corrected chi connectivity index (χ4v) is 1.95. The molecule has 0 saturated carbocycles. The highest BCUT2D eigenvalue weighted by Gasteiger charge is 2.22. The van der Waals surface area contributed by atoms with Crippen LogP contribution in [-0.2, 0) is 9.47 Å². The first-order valence-corrected chi connectivity index (χ1v) is 6.84. The zero-order chi connectivity index (χ0) is 14.6. The van der Waals surface area contributed by atoms with Gasteiger partial charge in [0.2, 0.25) is 0 Å². The summed E-state index contributed by atoms with van der Waals surface area (Å²) in [6, 6.07) is 0. The van der Waals surface area contributed by atoms with Crippen LogP contribution in [0, 0.1) is 0 Å². The first-order valence-electron chi connectivity index (χ1n) is 6.84. The number of hydrogen-bond donors (Lipinski definition) is 0. The molecule has 1 amide bonds. The number of ether oxygens (including phenoxy) is 2. The van der Waals surface area contributed by atoms with Crippen LogP contribution in [0.25, 0.3) is 0 Å². The molecule has 1 heterocycles. The summed E-state index contributed by atoms with van der Waals surface area (Å²) in [6.07, 6.45) is 13.5. The molecule has 1 aliphatic heterocycles. The van der Waals surface area contributed by atoms with E-state index in [4.69, 9.17) is 9.47 Å². The molecule has 4 nitrogen and oxygen atoms in total. The predicted octanol–water partition coefficient (Wildman–Crippen LogP) is 4.23. The summed E-state index contributed by atoms with van der Waals surface area (Å²) >= 11 is 0. The Kier molecular flexibility index (Phi) is 4.32. The highest BCUT2D eigenvalue weighted by Crippen LogP contribution is 2.23. The molecule has 0 spiro atoms. The van der Waals surface area contributed by atoms with E-state index in [1.54, 1.807) is 12.4 Å². The van der Waals surface area contributed by atoms with Gasteiger partial charge < -0.3 is 9.47 Å². The molecule has 20 heavy (non-hydrogen) atoms. The molecule has 0 aromatic rings. The SMILES string of the molecule is CC(C)(C)OC(=O)N1C=COC(CC2=CC=CCC2)=C1. The minimum atomic E-state index is -0.506. The second kappa shape index (κ2) is 5.99. The van der Waals surface area contributed by atoms with Crippen molar-refractivity contribution in [3.8, 4) is 0 Å². The zero-order valence-electron chi connectivity index (χ0n) is 12.3. The van der Waals surface area contributed by atoms with Gasteiger partial charge in [0.15, 0.2) is 0 Å². The van der Waals surface area contributed by atoms with Crippen molar-refractivity contribution in [2.24, 2.45) is 0 Å². The van der Waals surface area contributed by atoms with Crippen molar-refractivity contribution < 1.29 is 14.3 Å². The Morgan fingerprint density at radius 2 is 2.25 bits per heavy atom. The quantitative estimate of drug-likeness (QED) is 0.757. The van der Waals surface area contributed by atoms with Crippen LogP contribution in [0.2, 0.25) is 0 Å². The molecule has 0 unspecified atom stereocenters. The van der Waals surface area contributed by atoms with Crippen LogP contribution in [-0.4, -0.2) is 16.6 Å². The Morgan fingerprint density at radius 1 is 1.45 bits per heavy atom. The number of carbonyl (C=O) groups excluding carboxylic acids is 1. The minimum Gasteiger partial charge on any atom is -0.466 e. The molecule has 108 valence electrons. The van der Waals surface area contributed by atoms with E-state index in [2.05, 4.69) is 18.2 Å². The lowest BCUT2D eigenvalue weighted by Crippen LogP contribution is -2.31. The molecular weight excluding hydrogens is 254 g/mol. The van der Waals surface area contributed by atoms with E-state index in [0.717, 1.165) is 18.6 Å². The lowest BCUT2D eigenvalue weighted by molar-refractivity contribution is 0.0381. The van der Waals surface area contributed by atoms with Gasteiger partial charge in [0.25, 0.3) is 0 Å². The van der Waals surface area contributed by atoms with Crippen molar-refractivity contribution in [3.63, 3.8) is 0 Å². The van der Waals surface area contributed by atoms with Gasteiger partial charge in [-0.1, -0.05) is 23.8 Å². The normalized spacial score (nSPS) is 18.2. The number of hydrogen-bond acceptors (Lipinski definition) is 3. The van der Waals surface area contributed by atoms with Gasteiger partial charge in [-0.15, -0.1) is 0 Å². The van der Waals surface area contributed by atoms with E-state index in [0.29, 0.717) is 6.42 Å². The average Bonchev–Trinajstić information content (AvgIpc) is 2.38. The maximum absolute atomic E-state index is 12.0. The fourth-order valence-electron chi connectivity index (χ4n) is 1.95. The van der Waals surface area contributed by atoms with Crippen LogP contribution in [0.5, 0.6) is 0 Å². The molecule has 0 fully saturated rings. The van der Waals surface area contributed by atoms with Crippen LogP contribution in [0.4, 0.5) is 4.79 Å². The van der Waals surface area contributed by atoms with E-state index < -0.39 is 11.7 Å². The molecule has 0 N–H and O–H groups in total. The van der Waals surface area contributed by atoms with E-state index in [-0.39, 0.29) is 0 Å². The van der Waals surface area contributed by atoms with Gasteiger partial charge in [-0.3, -0.25) is 4.90 Å². The van der Waals surface area contributed by atoms with Crippen LogP contribution >= 0.6 is 0 Å². The second-order valence-electron chi connectivity index (χ2n) is 5.85. The number of carbonyl (C=O) groups is 1. The van der Waals surface area contributed by atoms with Gasteiger partial charge in [-0.2, -0.15) is 0 Å². The van der Waals surface area contributed by atoms with Crippen molar-refractivity contribution in [2.45, 2.75) is 45.6 Å². The number of amides is 1. The Bertz CT molecular complexity index is 492.